The Labute approximate surface area is 150 Å². The normalized spacial score (nSPS) is 14.7. The van der Waals surface area contributed by atoms with Crippen LogP contribution in [-0.4, -0.2) is 38.2 Å². The third-order valence-corrected chi connectivity index (χ3v) is 4.18. The van der Waals surface area contributed by atoms with Crippen molar-refractivity contribution in [1.82, 2.24) is 10.6 Å². The number of carbonyl (C=O) groups excluding carboxylic acids is 1. The van der Waals surface area contributed by atoms with E-state index in [1.54, 1.807) is 0 Å². The Morgan fingerprint density at radius 3 is 2.80 bits per heavy atom. The van der Waals surface area contributed by atoms with Gasteiger partial charge in [-0.05, 0) is 44.4 Å². The molecular formula is C19H30N4O2. The quantitative estimate of drug-likeness (QED) is 0.365. The van der Waals surface area contributed by atoms with Crippen LogP contribution in [0.3, 0.4) is 0 Å². The van der Waals surface area contributed by atoms with Crippen molar-refractivity contribution >= 4 is 17.6 Å². The van der Waals surface area contributed by atoms with Crippen LogP contribution < -0.4 is 16.0 Å². The van der Waals surface area contributed by atoms with Crippen LogP contribution in [0.15, 0.2) is 29.3 Å². The van der Waals surface area contributed by atoms with E-state index in [-0.39, 0.29) is 11.8 Å². The summed E-state index contributed by atoms with van der Waals surface area (Å²) < 4.78 is 5.33. The summed E-state index contributed by atoms with van der Waals surface area (Å²) in [5.74, 6) is 1.10. The van der Waals surface area contributed by atoms with Crippen molar-refractivity contribution in [3.05, 3.63) is 29.8 Å². The molecule has 25 heavy (non-hydrogen) atoms. The average Bonchev–Trinajstić information content (AvgIpc) is 2.55. The third-order valence-electron chi connectivity index (χ3n) is 4.18. The SMILES string of the molecule is CCNC(=NCc1cccc(NC(=O)C2CCC2)c1)NCCOCC. The van der Waals surface area contributed by atoms with Crippen LogP contribution in [0.4, 0.5) is 5.69 Å². The van der Waals surface area contributed by atoms with Gasteiger partial charge >= 0.3 is 0 Å². The topological polar surface area (TPSA) is 74.8 Å². The number of amides is 1. The second-order valence-electron chi connectivity index (χ2n) is 6.14. The number of aliphatic imine (C=N–C) groups is 1. The summed E-state index contributed by atoms with van der Waals surface area (Å²) in [6, 6.07) is 7.89. The Balaban J connectivity index is 1.88. The lowest BCUT2D eigenvalue weighted by Crippen LogP contribution is -2.39. The van der Waals surface area contributed by atoms with Crippen LogP contribution >= 0.6 is 0 Å². The molecule has 6 heteroatoms. The molecule has 138 valence electrons. The van der Waals surface area contributed by atoms with Gasteiger partial charge in [0, 0.05) is 31.3 Å². The molecule has 3 N–H and O–H groups in total. The molecule has 1 amide bonds. The first-order valence-electron chi connectivity index (χ1n) is 9.22. The molecule has 0 atom stereocenters. The fourth-order valence-corrected chi connectivity index (χ4v) is 2.56. The molecule has 1 aliphatic carbocycles. The van der Waals surface area contributed by atoms with E-state index in [9.17, 15) is 4.79 Å². The molecule has 6 nitrogen and oxygen atoms in total. The van der Waals surface area contributed by atoms with Crippen LogP contribution in [-0.2, 0) is 16.1 Å². The molecule has 1 aromatic rings. The number of carbonyl (C=O) groups is 1. The van der Waals surface area contributed by atoms with Gasteiger partial charge in [-0.15, -0.1) is 0 Å². The maximum Gasteiger partial charge on any atom is 0.227 e. The van der Waals surface area contributed by atoms with Crippen molar-refractivity contribution in [3.63, 3.8) is 0 Å². The minimum absolute atomic E-state index is 0.137. The molecule has 1 saturated carbocycles. The van der Waals surface area contributed by atoms with Gasteiger partial charge in [-0.1, -0.05) is 18.6 Å². The summed E-state index contributed by atoms with van der Waals surface area (Å²) >= 11 is 0. The highest BCUT2D eigenvalue weighted by molar-refractivity contribution is 5.93. The zero-order chi connectivity index (χ0) is 17.9. The van der Waals surface area contributed by atoms with E-state index < -0.39 is 0 Å². The summed E-state index contributed by atoms with van der Waals surface area (Å²) in [6.07, 6.45) is 3.18. The number of ether oxygens (including phenoxy) is 1. The van der Waals surface area contributed by atoms with Crippen molar-refractivity contribution in [2.45, 2.75) is 39.7 Å². The van der Waals surface area contributed by atoms with Gasteiger partial charge < -0.3 is 20.7 Å². The van der Waals surface area contributed by atoms with Crippen molar-refractivity contribution < 1.29 is 9.53 Å². The molecule has 0 saturated heterocycles. The molecule has 0 heterocycles. The van der Waals surface area contributed by atoms with Crippen LogP contribution in [0.25, 0.3) is 0 Å². The summed E-state index contributed by atoms with van der Waals surface area (Å²) in [5, 5.41) is 9.48. The van der Waals surface area contributed by atoms with Crippen molar-refractivity contribution in [1.29, 1.82) is 0 Å². The molecule has 2 rings (SSSR count). The number of hydrogen-bond donors (Lipinski definition) is 3. The van der Waals surface area contributed by atoms with Gasteiger partial charge in [0.2, 0.25) is 5.91 Å². The highest BCUT2D eigenvalue weighted by Gasteiger charge is 2.25. The monoisotopic (exact) mass is 346 g/mol. The van der Waals surface area contributed by atoms with E-state index in [2.05, 4.69) is 20.9 Å². The summed E-state index contributed by atoms with van der Waals surface area (Å²) in [7, 11) is 0. The van der Waals surface area contributed by atoms with Crippen LogP contribution in [0.2, 0.25) is 0 Å². The van der Waals surface area contributed by atoms with E-state index in [4.69, 9.17) is 4.74 Å². The minimum Gasteiger partial charge on any atom is -0.380 e. The van der Waals surface area contributed by atoms with Gasteiger partial charge in [0.15, 0.2) is 5.96 Å². The molecule has 0 spiro atoms. The Morgan fingerprint density at radius 2 is 2.12 bits per heavy atom. The molecule has 0 unspecified atom stereocenters. The van der Waals surface area contributed by atoms with Crippen LogP contribution in [0, 0.1) is 5.92 Å². The number of rotatable bonds is 9. The predicted molar refractivity (Wildman–Crippen MR) is 102 cm³/mol. The molecule has 1 aromatic carbocycles. The maximum absolute atomic E-state index is 12.1. The van der Waals surface area contributed by atoms with Crippen molar-refractivity contribution in [2.75, 3.05) is 31.6 Å². The molecule has 0 radical (unpaired) electrons. The molecule has 1 fully saturated rings. The Kier molecular flexibility index (Phi) is 8.25. The fraction of sp³-hybridized carbons (Fsp3) is 0.579. The number of benzene rings is 1. The summed E-state index contributed by atoms with van der Waals surface area (Å²) in [5.41, 5.74) is 1.91. The molecule has 0 aliphatic heterocycles. The van der Waals surface area contributed by atoms with Gasteiger partial charge in [-0.2, -0.15) is 0 Å². The molecule has 1 aliphatic rings. The van der Waals surface area contributed by atoms with E-state index in [1.807, 2.05) is 38.1 Å². The number of anilines is 1. The largest absolute Gasteiger partial charge is 0.380 e. The number of nitrogens with one attached hydrogen (secondary N) is 3. The standard InChI is InChI=1S/C19H30N4O2/c1-3-20-19(21-11-12-25-4-2)22-14-15-7-5-10-17(13-15)23-18(24)16-8-6-9-16/h5,7,10,13,16H,3-4,6,8-9,11-12,14H2,1-2H3,(H,23,24)(H2,20,21,22). The van der Waals surface area contributed by atoms with E-state index in [1.165, 1.54) is 0 Å². The highest BCUT2D eigenvalue weighted by Crippen LogP contribution is 2.27. The van der Waals surface area contributed by atoms with Crippen LogP contribution in [0.5, 0.6) is 0 Å². The van der Waals surface area contributed by atoms with E-state index in [0.717, 1.165) is 49.6 Å². The first-order chi connectivity index (χ1) is 12.2. The first kappa shape index (κ1) is 19.2. The number of guanidine groups is 1. The van der Waals surface area contributed by atoms with E-state index >= 15 is 0 Å². The van der Waals surface area contributed by atoms with Crippen LogP contribution in [0.1, 0.15) is 38.7 Å². The fourth-order valence-electron chi connectivity index (χ4n) is 2.56. The first-order valence-corrected chi connectivity index (χ1v) is 9.22. The lowest BCUT2D eigenvalue weighted by Gasteiger charge is -2.24. The smallest absolute Gasteiger partial charge is 0.227 e. The minimum atomic E-state index is 0.137. The summed E-state index contributed by atoms with van der Waals surface area (Å²) in [4.78, 5) is 16.6. The maximum atomic E-state index is 12.1. The van der Waals surface area contributed by atoms with Gasteiger partial charge in [-0.3, -0.25) is 4.79 Å². The second-order valence-corrected chi connectivity index (χ2v) is 6.14. The van der Waals surface area contributed by atoms with Gasteiger partial charge in [-0.25, -0.2) is 4.99 Å². The Morgan fingerprint density at radius 1 is 1.28 bits per heavy atom. The average molecular weight is 346 g/mol. The van der Waals surface area contributed by atoms with Gasteiger partial charge in [0.1, 0.15) is 0 Å². The second kappa shape index (κ2) is 10.7. The Hall–Kier alpha value is -2.08. The predicted octanol–water partition coefficient (Wildman–Crippen LogP) is 2.52. The number of nitrogens with zero attached hydrogens (tertiary/aromatic N) is 1. The van der Waals surface area contributed by atoms with E-state index in [0.29, 0.717) is 19.8 Å². The lowest BCUT2D eigenvalue weighted by atomic mass is 9.85. The number of hydrogen-bond acceptors (Lipinski definition) is 3. The lowest BCUT2D eigenvalue weighted by molar-refractivity contribution is -0.122. The molecule has 0 aromatic heterocycles. The van der Waals surface area contributed by atoms with Gasteiger partial charge in [0.05, 0.1) is 13.2 Å². The molecular weight excluding hydrogens is 316 g/mol. The summed E-state index contributed by atoms with van der Waals surface area (Å²) in [6.45, 7) is 7.47. The molecule has 0 bridgehead atoms. The van der Waals surface area contributed by atoms with Crippen molar-refractivity contribution in [3.8, 4) is 0 Å². The van der Waals surface area contributed by atoms with Crippen molar-refractivity contribution in [2.24, 2.45) is 10.9 Å². The van der Waals surface area contributed by atoms with Gasteiger partial charge in [0.25, 0.3) is 0 Å². The third kappa shape index (κ3) is 6.74. The zero-order valence-electron chi connectivity index (χ0n) is 15.3. The Bertz CT molecular complexity index is 570. The zero-order valence-corrected chi connectivity index (χ0v) is 15.3. The highest BCUT2D eigenvalue weighted by atomic mass is 16.5.